The largest absolute Gasteiger partial charge is 0.546 e. The summed E-state index contributed by atoms with van der Waals surface area (Å²) in [5.41, 5.74) is 2.72. The van der Waals surface area contributed by atoms with Gasteiger partial charge in [-0.25, -0.2) is 5.43 Å². The van der Waals surface area contributed by atoms with Crippen molar-refractivity contribution in [3.8, 4) is 5.75 Å². The number of carbonyl (C=O) groups excluding carboxylic acids is 3. The summed E-state index contributed by atoms with van der Waals surface area (Å²) in [5.74, 6) is -2.62. The quantitative estimate of drug-likeness (QED) is 0.378. The van der Waals surface area contributed by atoms with E-state index in [4.69, 9.17) is 4.74 Å². The van der Waals surface area contributed by atoms with E-state index < -0.39 is 24.4 Å². The molecule has 1 rings (SSSR count). The van der Waals surface area contributed by atoms with Crippen LogP contribution in [0.15, 0.2) is 27.8 Å². The van der Waals surface area contributed by atoms with Crippen molar-refractivity contribution in [1.29, 1.82) is 0 Å². The lowest BCUT2D eigenvalue weighted by Gasteiger charge is -2.09. The van der Waals surface area contributed by atoms with Crippen LogP contribution in [-0.2, 0) is 14.4 Å². The predicted octanol–water partition coefficient (Wildman–Crippen LogP) is -0.0574. The number of carboxylic acid groups (broad SMARTS) is 1. The van der Waals surface area contributed by atoms with Crippen LogP contribution in [0.2, 0.25) is 0 Å². The zero-order valence-corrected chi connectivity index (χ0v) is 14.8. The molecule has 1 aromatic carbocycles. The molecule has 0 spiro atoms. The molecule has 0 bridgehead atoms. The molecule has 0 aliphatic carbocycles. The molecule has 130 valence electrons. The highest BCUT2D eigenvalue weighted by Crippen LogP contribution is 2.25. The second-order valence-corrected chi connectivity index (χ2v) is 5.69. The van der Waals surface area contributed by atoms with Gasteiger partial charge in [0.25, 0.3) is 0 Å². The van der Waals surface area contributed by atoms with Crippen LogP contribution in [0, 0.1) is 0 Å². The lowest BCUT2D eigenvalue weighted by Crippen LogP contribution is -2.41. The molecule has 2 amide bonds. The van der Waals surface area contributed by atoms with E-state index in [2.05, 4.69) is 31.8 Å². The summed E-state index contributed by atoms with van der Waals surface area (Å²) in [6.45, 7) is 3.11. The number of hydrogen-bond acceptors (Lipinski definition) is 6. The van der Waals surface area contributed by atoms with Gasteiger partial charge in [-0.05, 0) is 53.0 Å². The molecule has 1 aromatic rings. The number of carboxylic acids is 1. The molecule has 2 N–H and O–H groups in total. The van der Waals surface area contributed by atoms with Crippen LogP contribution in [0.5, 0.6) is 5.75 Å². The number of amides is 2. The van der Waals surface area contributed by atoms with Gasteiger partial charge in [-0.2, -0.15) is 5.10 Å². The monoisotopic (exact) mass is 398 g/mol. The number of benzene rings is 1. The van der Waals surface area contributed by atoms with Gasteiger partial charge in [0.1, 0.15) is 12.4 Å². The van der Waals surface area contributed by atoms with Gasteiger partial charge in [-0.15, -0.1) is 0 Å². The van der Waals surface area contributed by atoms with Crippen molar-refractivity contribution in [1.82, 2.24) is 10.7 Å². The van der Waals surface area contributed by atoms with Crippen LogP contribution < -0.4 is 20.6 Å². The molecule has 0 radical (unpaired) electrons. The Kier molecular flexibility index (Phi) is 7.90. The minimum Gasteiger partial charge on any atom is -0.546 e. The Labute approximate surface area is 147 Å². The summed E-state index contributed by atoms with van der Waals surface area (Å²) < 4.78 is 5.51. The van der Waals surface area contributed by atoms with Gasteiger partial charge in [0.15, 0.2) is 0 Å². The number of ether oxygens (including phenoxy) is 1. The molecule has 0 saturated heterocycles. The summed E-state index contributed by atoms with van der Waals surface area (Å²) in [7, 11) is 0. The van der Waals surface area contributed by atoms with Crippen LogP contribution in [0.3, 0.4) is 0 Å². The van der Waals surface area contributed by atoms with Crippen LogP contribution in [0.4, 0.5) is 0 Å². The minimum absolute atomic E-state index is 0.100. The second kappa shape index (κ2) is 9.66. The third-order valence-corrected chi connectivity index (χ3v) is 3.50. The predicted molar refractivity (Wildman–Crippen MR) is 88.3 cm³/mol. The normalized spacial score (nSPS) is 11.8. The third-order valence-electron chi connectivity index (χ3n) is 2.88. The minimum atomic E-state index is -1.33. The fourth-order valence-corrected chi connectivity index (χ4v) is 1.97. The Morgan fingerprint density at radius 2 is 2.08 bits per heavy atom. The molecule has 1 atom stereocenters. The van der Waals surface area contributed by atoms with Crippen LogP contribution in [-0.4, -0.2) is 36.6 Å². The fourth-order valence-electron chi connectivity index (χ4n) is 1.46. The van der Waals surface area contributed by atoms with Gasteiger partial charge >= 0.3 is 11.8 Å². The number of hydrogen-bond donors (Lipinski definition) is 2. The van der Waals surface area contributed by atoms with Crippen molar-refractivity contribution < 1.29 is 24.2 Å². The molecule has 8 nitrogen and oxygen atoms in total. The van der Waals surface area contributed by atoms with E-state index in [-0.39, 0.29) is 6.04 Å². The Bertz CT molecular complexity index is 648. The smallest absolute Gasteiger partial charge is 0.329 e. The van der Waals surface area contributed by atoms with E-state index in [1.165, 1.54) is 12.3 Å². The van der Waals surface area contributed by atoms with Crippen molar-refractivity contribution in [3.05, 3.63) is 28.2 Å². The Morgan fingerprint density at radius 1 is 1.38 bits per heavy atom. The highest BCUT2D eigenvalue weighted by Gasteiger charge is 2.14. The number of halogens is 1. The number of aliphatic carboxylic acids is 1. The first-order chi connectivity index (χ1) is 11.3. The third kappa shape index (κ3) is 6.78. The number of nitrogens with zero attached hydrogens (tertiary/aromatic N) is 1. The lowest BCUT2D eigenvalue weighted by atomic mass is 10.2. The van der Waals surface area contributed by atoms with Gasteiger partial charge in [-0.1, -0.05) is 6.92 Å². The van der Waals surface area contributed by atoms with Crippen molar-refractivity contribution in [3.63, 3.8) is 0 Å². The molecule has 0 aliphatic rings. The van der Waals surface area contributed by atoms with E-state index in [1.54, 1.807) is 19.1 Å². The molecule has 0 heterocycles. The molecule has 24 heavy (non-hydrogen) atoms. The summed E-state index contributed by atoms with van der Waals surface area (Å²) in [6, 6.07) is 4.65. The zero-order valence-electron chi connectivity index (χ0n) is 13.2. The second-order valence-electron chi connectivity index (χ2n) is 4.83. The van der Waals surface area contributed by atoms with E-state index in [1.807, 2.05) is 6.92 Å². The average molecular weight is 399 g/mol. The summed E-state index contributed by atoms with van der Waals surface area (Å²) >= 11 is 3.22. The molecule has 0 fully saturated rings. The first-order valence-electron chi connectivity index (χ1n) is 7.09. The van der Waals surface area contributed by atoms with Crippen molar-refractivity contribution in [2.45, 2.75) is 26.3 Å². The maximum atomic E-state index is 11.5. The Morgan fingerprint density at radius 3 is 2.67 bits per heavy atom. The van der Waals surface area contributed by atoms with Gasteiger partial charge in [0.05, 0.1) is 16.7 Å². The van der Waals surface area contributed by atoms with Crippen LogP contribution >= 0.6 is 15.9 Å². The average Bonchev–Trinajstić information content (AvgIpc) is 2.53. The molecule has 0 aromatic heterocycles. The van der Waals surface area contributed by atoms with E-state index in [0.29, 0.717) is 22.2 Å². The summed E-state index contributed by atoms with van der Waals surface area (Å²) in [4.78, 5) is 33.4. The van der Waals surface area contributed by atoms with Gasteiger partial charge < -0.3 is 20.0 Å². The van der Waals surface area contributed by atoms with Gasteiger partial charge in [0.2, 0.25) is 0 Å². The summed E-state index contributed by atoms with van der Waals surface area (Å²) in [5, 5.41) is 16.6. The Hall–Kier alpha value is -2.42. The maximum Gasteiger partial charge on any atom is 0.329 e. The first kappa shape index (κ1) is 19.6. The van der Waals surface area contributed by atoms with Crippen molar-refractivity contribution >= 4 is 39.9 Å². The van der Waals surface area contributed by atoms with Crippen LogP contribution in [0.25, 0.3) is 0 Å². The van der Waals surface area contributed by atoms with E-state index in [0.717, 1.165) is 0 Å². The molecule has 0 aliphatic heterocycles. The number of carbonyl (C=O) groups is 3. The topological polar surface area (TPSA) is 120 Å². The van der Waals surface area contributed by atoms with Crippen LogP contribution in [0.1, 0.15) is 25.8 Å². The maximum absolute atomic E-state index is 11.5. The number of rotatable bonds is 7. The molecule has 0 unspecified atom stereocenters. The SMILES string of the molecule is CC[C@@H](C)NC(=O)C(=O)N/N=C\c1ccc(OCC(=O)[O-])c(Br)c1. The standard InChI is InChI=1S/C15H18BrN3O5/c1-3-9(2)18-14(22)15(23)19-17-7-10-4-5-12(11(16)6-10)24-8-13(20)21/h4-7,9H,3,8H2,1-2H3,(H,18,22)(H,19,23)(H,20,21)/p-1/b17-7-/t9-/m1/s1. The molecular formula is C15H17BrN3O5-. The van der Waals surface area contributed by atoms with Crippen molar-refractivity contribution in [2.75, 3.05) is 6.61 Å². The van der Waals surface area contributed by atoms with Crippen molar-refractivity contribution in [2.24, 2.45) is 5.10 Å². The Balaban J connectivity index is 2.58. The molecule has 0 saturated carbocycles. The van der Waals surface area contributed by atoms with Gasteiger partial charge in [-0.3, -0.25) is 9.59 Å². The van der Waals surface area contributed by atoms with E-state index in [9.17, 15) is 19.5 Å². The molecular weight excluding hydrogens is 382 g/mol. The highest BCUT2D eigenvalue weighted by molar-refractivity contribution is 9.10. The zero-order chi connectivity index (χ0) is 18.1. The fraction of sp³-hybridized carbons (Fsp3) is 0.333. The highest BCUT2D eigenvalue weighted by atomic mass is 79.9. The number of hydrazone groups is 1. The summed E-state index contributed by atoms with van der Waals surface area (Å²) in [6.07, 6.45) is 2.05. The van der Waals surface area contributed by atoms with Gasteiger partial charge in [0, 0.05) is 6.04 Å². The number of nitrogens with one attached hydrogen (secondary N) is 2. The van der Waals surface area contributed by atoms with E-state index >= 15 is 0 Å². The first-order valence-corrected chi connectivity index (χ1v) is 7.88. The lowest BCUT2D eigenvalue weighted by molar-refractivity contribution is -0.307. The molecule has 9 heteroatoms.